The molecule has 6 rings (SSSR count). The second kappa shape index (κ2) is 12.7. The molecule has 226 valence electrons. The number of anilines is 1. The molecule has 1 fully saturated rings. The molecule has 44 heavy (non-hydrogen) atoms. The van der Waals surface area contributed by atoms with Crippen molar-refractivity contribution in [1.82, 2.24) is 44.9 Å². The number of hydrogen-bond acceptors (Lipinski definition) is 9. The smallest absolute Gasteiger partial charge is 0.320 e. The van der Waals surface area contributed by atoms with Gasteiger partial charge in [-0.25, -0.2) is 24.4 Å². The summed E-state index contributed by atoms with van der Waals surface area (Å²) in [4.78, 5) is 32.3. The minimum absolute atomic E-state index is 0.369. The zero-order valence-electron chi connectivity index (χ0n) is 24.4. The van der Waals surface area contributed by atoms with Crippen LogP contribution in [0.4, 0.5) is 15.0 Å². The zero-order valence-corrected chi connectivity index (χ0v) is 24.4. The highest BCUT2D eigenvalue weighted by molar-refractivity contribution is 5.91. The average Bonchev–Trinajstić information content (AvgIpc) is 3.74. The van der Waals surface area contributed by atoms with E-state index in [1.807, 2.05) is 50.5 Å². The molecule has 4 aromatic heterocycles. The Morgan fingerprint density at radius 1 is 1.11 bits per heavy atom. The van der Waals surface area contributed by atoms with Gasteiger partial charge in [0, 0.05) is 63.2 Å². The first-order valence-corrected chi connectivity index (χ1v) is 14.0. The highest BCUT2D eigenvalue weighted by atomic mass is 19.1. The van der Waals surface area contributed by atoms with Crippen molar-refractivity contribution in [2.75, 3.05) is 32.1 Å². The number of pyridine rings is 1. The molecule has 0 radical (unpaired) electrons. The molecule has 2 N–H and O–H groups in total. The molecule has 13 nitrogen and oxygen atoms in total. The van der Waals surface area contributed by atoms with Gasteiger partial charge in [-0.1, -0.05) is 18.2 Å². The Balaban J connectivity index is 1.27. The number of carbonyl (C=O) groups excluding carboxylic acids is 1. The molecule has 2 amide bonds. The fourth-order valence-electron chi connectivity index (χ4n) is 5.06. The second-order valence-corrected chi connectivity index (χ2v) is 10.3. The van der Waals surface area contributed by atoms with Crippen LogP contribution in [0.1, 0.15) is 17.2 Å². The van der Waals surface area contributed by atoms with E-state index >= 15 is 0 Å². The van der Waals surface area contributed by atoms with Gasteiger partial charge in [-0.05, 0) is 36.8 Å². The predicted octanol–water partition coefficient (Wildman–Crippen LogP) is 3.70. The average molecular weight is 599 g/mol. The van der Waals surface area contributed by atoms with E-state index in [1.54, 1.807) is 46.2 Å². The number of halogens is 1. The highest BCUT2D eigenvalue weighted by Crippen LogP contribution is 2.32. The number of urea groups is 1. The molecule has 0 unspecified atom stereocenters. The number of rotatable bonds is 9. The van der Waals surface area contributed by atoms with Crippen LogP contribution in [0.15, 0.2) is 73.4 Å². The number of methoxy groups -OCH3 is 1. The molecule has 14 heteroatoms. The van der Waals surface area contributed by atoms with Gasteiger partial charge in [-0.15, -0.1) is 0 Å². The predicted molar refractivity (Wildman–Crippen MR) is 159 cm³/mol. The SMILES string of the molecule is COCCN1C[C@@H](NC(=O)Nc2c(C)c(-c3cnc(-c4cnn(C)c4)nc3)nn2-c2ccccc2)[C@H](c2ccnc(F)c2)O1. The number of hydroxylamine groups is 2. The number of para-hydroxylation sites is 1. The van der Waals surface area contributed by atoms with Crippen LogP contribution in [-0.2, 0) is 16.6 Å². The highest BCUT2D eigenvalue weighted by Gasteiger charge is 2.37. The van der Waals surface area contributed by atoms with Crippen LogP contribution in [0.3, 0.4) is 0 Å². The van der Waals surface area contributed by atoms with Crippen LogP contribution in [0.5, 0.6) is 0 Å². The molecule has 1 aromatic carbocycles. The van der Waals surface area contributed by atoms with E-state index in [-0.39, 0.29) is 0 Å². The van der Waals surface area contributed by atoms with Gasteiger partial charge in [0.1, 0.15) is 17.6 Å². The zero-order chi connectivity index (χ0) is 30.6. The summed E-state index contributed by atoms with van der Waals surface area (Å²) in [6.45, 7) is 3.15. The molecule has 0 spiro atoms. The molecule has 0 aliphatic carbocycles. The van der Waals surface area contributed by atoms with Crippen molar-refractivity contribution in [2.45, 2.75) is 19.1 Å². The lowest BCUT2D eigenvalue weighted by atomic mass is 10.0. The Hall–Kier alpha value is -5.05. The maximum atomic E-state index is 14.0. The number of hydrogen-bond donors (Lipinski definition) is 2. The van der Waals surface area contributed by atoms with E-state index in [0.29, 0.717) is 48.2 Å². The quantitative estimate of drug-likeness (QED) is 0.243. The largest absolute Gasteiger partial charge is 0.383 e. The Morgan fingerprint density at radius 2 is 1.91 bits per heavy atom. The first-order chi connectivity index (χ1) is 21.4. The minimum atomic E-state index is -0.628. The van der Waals surface area contributed by atoms with E-state index in [2.05, 4.69) is 30.7 Å². The normalized spacial score (nSPS) is 16.7. The molecular formula is C30H31FN10O3. The summed E-state index contributed by atoms with van der Waals surface area (Å²) in [5.41, 5.74) is 4.14. The van der Waals surface area contributed by atoms with Crippen molar-refractivity contribution < 1.29 is 18.8 Å². The summed E-state index contributed by atoms with van der Waals surface area (Å²) in [5, 5.41) is 16.7. The van der Waals surface area contributed by atoms with Crippen LogP contribution in [0, 0.1) is 12.9 Å². The van der Waals surface area contributed by atoms with Crippen molar-refractivity contribution in [1.29, 1.82) is 0 Å². The van der Waals surface area contributed by atoms with Crippen molar-refractivity contribution in [3.05, 3.63) is 90.5 Å². The fraction of sp³-hybridized carbons (Fsp3) is 0.267. The van der Waals surface area contributed by atoms with Gasteiger partial charge in [-0.2, -0.15) is 19.7 Å². The van der Waals surface area contributed by atoms with Gasteiger partial charge in [-0.3, -0.25) is 14.8 Å². The number of ether oxygens (including phenoxy) is 1. The number of amides is 2. The van der Waals surface area contributed by atoms with E-state index in [4.69, 9.17) is 14.7 Å². The van der Waals surface area contributed by atoms with Gasteiger partial charge < -0.3 is 10.1 Å². The lowest BCUT2D eigenvalue weighted by Gasteiger charge is -2.19. The van der Waals surface area contributed by atoms with Crippen LogP contribution >= 0.6 is 0 Å². The summed E-state index contributed by atoms with van der Waals surface area (Å²) in [5.74, 6) is 0.389. The number of nitrogens with zero attached hydrogens (tertiary/aromatic N) is 8. The maximum absolute atomic E-state index is 14.0. The van der Waals surface area contributed by atoms with Gasteiger partial charge in [0.2, 0.25) is 5.95 Å². The van der Waals surface area contributed by atoms with E-state index in [9.17, 15) is 9.18 Å². The number of carbonyl (C=O) groups is 1. The number of benzene rings is 1. The summed E-state index contributed by atoms with van der Waals surface area (Å²) >= 11 is 0. The lowest BCUT2D eigenvalue weighted by molar-refractivity contribution is -0.154. The van der Waals surface area contributed by atoms with Crippen molar-refractivity contribution in [3.63, 3.8) is 0 Å². The van der Waals surface area contributed by atoms with E-state index in [1.165, 1.54) is 12.3 Å². The molecule has 0 saturated carbocycles. The third-order valence-corrected chi connectivity index (χ3v) is 7.21. The molecule has 5 aromatic rings. The van der Waals surface area contributed by atoms with Crippen LogP contribution in [0.25, 0.3) is 28.3 Å². The summed E-state index contributed by atoms with van der Waals surface area (Å²) in [6, 6.07) is 11.5. The molecule has 2 atom stereocenters. The Bertz CT molecular complexity index is 1740. The van der Waals surface area contributed by atoms with Crippen molar-refractivity contribution in [2.24, 2.45) is 7.05 Å². The molecule has 5 heterocycles. The summed E-state index contributed by atoms with van der Waals surface area (Å²) in [7, 11) is 3.43. The van der Waals surface area contributed by atoms with Crippen LogP contribution in [-0.4, -0.2) is 78.5 Å². The van der Waals surface area contributed by atoms with E-state index < -0.39 is 24.1 Å². The topological polar surface area (TPSA) is 137 Å². The molecule has 1 aliphatic heterocycles. The van der Waals surface area contributed by atoms with Crippen LogP contribution < -0.4 is 10.6 Å². The van der Waals surface area contributed by atoms with Gasteiger partial charge in [0.25, 0.3) is 0 Å². The first kappa shape index (κ1) is 29.0. The Labute approximate surface area is 252 Å². The minimum Gasteiger partial charge on any atom is -0.383 e. The van der Waals surface area contributed by atoms with Gasteiger partial charge >= 0.3 is 6.03 Å². The Morgan fingerprint density at radius 3 is 2.61 bits per heavy atom. The van der Waals surface area contributed by atoms with Gasteiger partial charge in [0.05, 0.1) is 30.1 Å². The monoisotopic (exact) mass is 598 g/mol. The van der Waals surface area contributed by atoms with Gasteiger partial charge in [0.15, 0.2) is 5.82 Å². The third-order valence-electron chi connectivity index (χ3n) is 7.21. The maximum Gasteiger partial charge on any atom is 0.320 e. The standard InChI is InChI=1S/C30H31FN10O3/c1-19-26(21-14-33-28(34-15-21)22-16-35-39(2)17-22)38-41(23-7-5-4-6-8-23)29(19)37-30(42)36-24-18-40(11-12-43-3)44-27(24)20-9-10-32-25(31)13-20/h4-10,13-17,24,27H,11-12,18H2,1-3H3,(H2,36,37,42)/t24-,27+/m1/s1. The lowest BCUT2D eigenvalue weighted by Crippen LogP contribution is -2.42. The second-order valence-electron chi connectivity index (χ2n) is 10.3. The first-order valence-electron chi connectivity index (χ1n) is 14.0. The van der Waals surface area contributed by atoms with Crippen molar-refractivity contribution >= 4 is 11.8 Å². The Kier molecular flexibility index (Phi) is 8.36. The summed E-state index contributed by atoms with van der Waals surface area (Å²) in [6.07, 6.45) is 7.69. The fourth-order valence-corrected chi connectivity index (χ4v) is 5.06. The van der Waals surface area contributed by atoms with Crippen LogP contribution in [0.2, 0.25) is 0 Å². The summed E-state index contributed by atoms with van der Waals surface area (Å²) < 4.78 is 22.5. The number of aryl methyl sites for hydroxylation is 1. The molecule has 1 saturated heterocycles. The third kappa shape index (κ3) is 6.17. The molecular weight excluding hydrogens is 567 g/mol. The molecule has 1 aliphatic rings. The number of nitrogens with one attached hydrogen (secondary N) is 2. The van der Waals surface area contributed by atoms with E-state index in [0.717, 1.165) is 16.8 Å². The van der Waals surface area contributed by atoms with Crippen molar-refractivity contribution in [3.8, 4) is 28.3 Å². The molecule has 0 bridgehead atoms. The number of aromatic nitrogens is 7.